The van der Waals surface area contributed by atoms with Gasteiger partial charge in [-0.25, -0.2) is 0 Å². The molecule has 0 aromatic heterocycles. The summed E-state index contributed by atoms with van der Waals surface area (Å²) in [6.45, 7) is 3.65. The van der Waals surface area contributed by atoms with Crippen LogP contribution in [0.25, 0.3) is 0 Å². The summed E-state index contributed by atoms with van der Waals surface area (Å²) in [6.07, 6.45) is 0. The van der Waals surface area contributed by atoms with Gasteiger partial charge in [-0.2, -0.15) is 0 Å². The molecule has 0 saturated heterocycles. The lowest BCUT2D eigenvalue weighted by Crippen LogP contribution is -2.30. The summed E-state index contributed by atoms with van der Waals surface area (Å²) < 4.78 is 1.02. The molecule has 2 amide bonds. The minimum atomic E-state index is -0.150. The smallest absolute Gasteiger partial charge is 0.238 e. The summed E-state index contributed by atoms with van der Waals surface area (Å²) in [5.41, 5.74) is 2.40. The van der Waals surface area contributed by atoms with Crippen molar-refractivity contribution in [1.82, 2.24) is 5.32 Å². The topological polar surface area (TPSA) is 70.2 Å². The third-order valence-electron chi connectivity index (χ3n) is 3.41. The molecule has 24 heavy (non-hydrogen) atoms. The molecule has 0 saturated carbocycles. The van der Waals surface area contributed by atoms with E-state index in [4.69, 9.17) is 0 Å². The largest absolute Gasteiger partial charge is 0.326 e. The van der Waals surface area contributed by atoms with Gasteiger partial charge < -0.3 is 16.0 Å². The number of amides is 2. The molecule has 0 aliphatic carbocycles. The first kappa shape index (κ1) is 18.2. The SMILES string of the molecule is CC(=O)Nc1cccc(NC(=O)CN[C@@H](C)c2ccc(Br)cc2)c1. The Morgan fingerprint density at radius 3 is 2.29 bits per heavy atom. The van der Waals surface area contributed by atoms with Gasteiger partial charge in [-0.1, -0.05) is 34.1 Å². The molecule has 3 N–H and O–H groups in total. The van der Waals surface area contributed by atoms with E-state index in [1.165, 1.54) is 6.92 Å². The maximum Gasteiger partial charge on any atom is 0.238 e. The van der Waals surface area contributed by atoms with Crippen LogP contribution in [0.1, 0.15) is 25.5 Å². The first-order chi connectivity index (χ1) is 11.4. The molecule has 5 nitrogen and oxygen atoms in total. The Kier molecular flexibility index (Phi) is 6.52. The van der Waals surface area contributed by atoms with E-state index in [0.29, 0.717) is 11.4 Å². The Morgan fingerprint density at radius 1 is 1.04 bits per heavy atom. The van der Waals surface area contributed by atoms with Crippen LogP contribution in [0.15, 0.2) is 53.0 Å². The van der Waals surface area contributed by atoms with Crippen LogP contribution in [-0.2, 0) is 9.59 Å². The van der Waals surface area contributed by atoms with Crippen molar-refractivity contribution >= 4 is 39.1 Å². The maximum atomic E-state index is 12.1. The molecule has 0 radical (unpaired) electrons. The highest BCUT2D eigenvalue weighted by Crippen LogP contribution is 2.17. The molecule has 0 spiro atoms. The van der Waals surface area contributed by atoms with E-state index in [2.05, 4.69) is 31.9 Å². The number of carbonyl (C=O) groups excluding carboxylic acids is 2. The molecule has 126 valence electrons. The molecule has 6 heteroatoms. The molecule has 0 aliphatic heterocycles. The number of anilines is 2. The minimum absolute atomic E-state index is 0.0644. The normalized spacial score (nSPS) is 11.6. The van der Waals surface area contributed by atoms with E-state index in [1.54, 1.807) is 24.3 Å². The van der Waals surface area contributed by atoms with Crippen LogP contribution in [0.2, 0.25) is 0 Å². The van der Waals surface area contributed by atoms with Gasteiger partial charge in [-0.3, -0.25) is 9.59 Å². The average Bonchev–Trinajstić information content (AvgIpc) is 2.53. The molecule has 2 rings (SSSR count). The molecule has 0 unspecified atom stereocenters. The van der Waals surface area contributed by atoms with Crippen molar-refractivity contribution in [1.29, 1.82) is 0 Å². The number of benzene rings is 2. The van der Waals surface area contributed by atoms with Crippen LogP contribution in [-0.4, -0.2) is 18.4 Å². The number of hydrogen-bond donors (Lipinski definition) is 3. The molecular formula is C18H20BrN3O2. The fraction of sp³-hybridized carbons (Fsp3) is 0.222. The zero-order valence-electron chi connectivity index (χ0n) is 13.6. The Labute approximate surface area is 150 Å². The molecule has 2 aromatic carbocycles. The van der Waals surface area contributed by atoms with Gasteiger partial charge in [-0.05, 0) is 42.8 Å². The predicted molar refractivity (Wildman–Crippen MR) is 99.9 cm³/mol. The molecule has 0 fully saturated rings. The molecule has 0 bridgehead atoms. The second-order valence-corrected chi connectivity index (χ2v) is 6.38. The minimum Gasteiger partial charge on any atom is -0.326 e. The van der Waals surface area contributed by atoms with Crippen LogP contribution in [0, 0.1) is 0 Å². The van der Waals surface area contributed by atoms with E-state index in [1.807, 2.05) is 31.2 Å². The average molecular weight is 390 g/mol. The molecule has 0 aliphatic rings. The standard InChI is InChI=1S/C18H20BrN3O2/c1-12(14-6-8-15(19)9-7-14)20-11-18(24)22-17-5-3-4-16(10-17)21-13(2)23/h3-10,12,20H,11H2,1-2H3,(H,21,23)(H,22,24)/t12-/m0/s1. The molecule has 2 aromatic rings. The zero-order valence-corrected chi connectivity index (χ0v) is 15.2. The van der Waals surface area contributed by atoms with Gasteiger partial charge in [0.25, 0.3) is 0 Å². The van der Waals surface area contributed by atoms with Gasteiger partial charge in [0.1, 0.15) is 0 Å². The van der Waals surface area contributed by atoms with Crippen LogP contribution in [0.5, 0.6) is 0 Å². The van der Waals surface area contributed by atoms with Gasteiger partial charge in [0, 0.05) is 28.8 Å². The van der Waals surface area contributed by atoms with Crippen LogP contribution in [0.4, 0.5) is 11.4 Å². The fourth-order valence-electron chi connectivity index (χ4n) is 2.20. The van der Waals surface area contributed by atoms with Crippen LogP contribution >= 0.6 is 15.9 Å². The van der Waals surface area contributed by atoms with E-state index in [9.17, 15) is 9.59 Å². The number of hydrogen-bond acceptors (Lipinski definition) is 3. The lowest BCUT2D eigenvalue weighted by Gasteiger charge is -2.14. The maximum absolute atomic E-state index is 12.1. The van der Waals surface area contributed by atoms with E-state index >= 15 is 0 Å². The number of halogens is 1. The Morgan fingerprint density at radius 2 is 1.67 bits per heavy atom. The zero-order chi connectivity index (χ0) is 17.5. The first-order valence-corrected chi connectivity index (χ1v) is 8.39. The third kappa shape index (κ3) is 5.79. The second kappa shape index (κ2) is 8.61. The van der Waals surface area contributed by atoms with Crippen LogP contribution < -0.4 is 16.0 Å². The van der Waals surface area contributed by atoms with Gasteiger partial charge >= 0.3 is 0 Å². The first-order valence-electron chi connectivity index (χ1n) is 7.60. The summed E-state index contributed by atoms with van der Waals surface area (Å²) in [7, 11) is 0. The van der Waals surface area contributed by atoms with Gasteiger partial charge in [-0.15, -0.1) is 0 Å². The molecular weight excluding hydrogens is 370 g/mol. The van der Waals surface area contributed by atoms with Crippen molar-refractivity contribution in [3.05, 3.63) is 58.6 Å². The summed E-state index contributed by atoms with van der Waals surface area (Å²) in [5, 5.41) is 8.68. The van der Waals surface area contributed by atoms with Crippen molar-refractivity contribution < 1.29 is 9.59 Å². The number of rotatable bonds is 6. The number of nitrogens with one attached hydrogen (secondary N) is 3. The third-order valence-corrected chi connectivity index (χ3v) is 3.93. The summed E-state index contributed by atoms with van der Waals surface area (Å²) in [6, 6.07) is 15.1. The summed E-state index contributed by atoms with van der Waals surface area (Å²) in [5.74, 6) is -0.289. The van der Waals surface area contributed by atoms with Crippen LogP contribution in [0.3, 0.4) is 0 Å². The van der Waals surface area contributed by atoms with Crippen molar-refractivity contribution in [2.24, 2.45) is 0 Å². The quantitative estimate of drug-likeness (QED) is 0.705. The van der Waals surface area contributed by atoms with Crippen molar-refractivity contribution in [2.45, 2.75) is 19.9 Å². The van der Waals surface area contributed by atoms with Gasteiger partial charge in [0.2, 0.25) is 11.8 Å². The lowest BCUT2D eigenvalue weighted by molar-refractivity contribution is -0.115. The van der Waals surface area contributed by atoms with Gasteiger partial charge in [0.05, 0.1) is 6.54 Å². The summed E-state index contributed by atoms with van der Waals surface area (Å²) in [4.78, 5) is 23.1. The van der Waals surface area contributed by atoms with E-state index in [-0.39, 0.29) is 24.4 Å². The number of carbonyl (C=O) groups is 2. The second-order valence-electron chi connectivity index (χ2n) is 5.46. The van der Waals surface area contributed by atoms with Crippen molar-refractivity contribution in [3.8, 4) is 0 Å². The van der Waals surface area contributed by atoms with Crippen molar-refractivity contribution in [3.63, 3.8) is 0 Å². The predicted octanol–water partition coefficient (Wildman–Crippen LogP) is 3.70. The lowest BCUT2D eigenvalue weighted by atomic mass is 10.1. The Balaban J connectivity index is 1.86. The Bertz CT molecular complexity index is 716. The molecule has 1 atom stereocenters. The highest BCUT2D eigenvalue weighted by atomic mass is 79.9. The monoisotopic (exact) mass is 389 g/mol. The van der Waals surface area contributed by atoms with E-state index < -0.39 is 0 Å². The van der Waals surface area contributed by atoms with E-state index in [0.717, 1.165) is 10.0 Å². The Hall–Kier alpha value is -2.18. The highest BCUT2D eigenvalue weighted by Gasteiger charge is 2.08. The van der Waals surface area contributed by atoms with Crippen molar-refractivity contribution in [2.75, 3.05) is 17.2 Å². The highest BCUT2D eigenvalue weighted by molar-refractivity contribution is 9.10. The summed E-state index contributed by atoms with van der Waals surface area (Å²) >= 11 is 3.40. The van der Waals surface area contributed by atoms with Gasteiger partial charge in [0.15, 0.2) is 0 Å². The fourth-order valence-corrected chi connectivity index (χ4v) is 2.46. The molecule has 0 heterocycles.